The van der Waals surface area contributed by atoms with Gasteiger partial charge >= 0.3 is 11.9 Å². The molecule has 0 amide bonds. The maximum Gasteiger partial charge on any atom is 0.377 e. The number of carbonyl (C=O) groups is 1. The van der Waals surface area contributed by atoms with Gasteiger partial charge in [-0.05, 0) is 18.5 Å². The first-order valence-corrected chi connectivity index (χ1v) is 10.6. The van der Waals surface area contributed by atoms with E-state index in [9.17, 15) is 18.7 Å². The van der Waals surface area contributed by atoms with Crippen molar-refractivity contribution in [2.75, 3.05) is 6.61 Å². The van der Waals surface area contributed by atoms with Crippen LogP contribution < -0.4 is 0 Å². The summed E-state index contributed by atoms with van der Waals surface area (Å²) in [7, 11) is -1.48. The summed E-state index contributed by atoms with van der Waals surface area (Å²) in [6.07, 6.45) is -0.850. The number of alkyl halides is 2. The number of rotatable bonds is 6. The molecule has 0 aliphatic carbocycles. The Bertz CT molecular complexity index is 510. The number of hydrogen-bond acceptors (Lipinski definition) is 3. The molecular weight excluding hydrogens is 294 g/mol. The molecule has 0 spiro atoms. The minimum atomic E-state index is -3.63. The summed E-state index contributed by atoms with van der Waals surface area (Å²) in [6, 6.07) is 5.47. The van der Waals surface area contributed by atoms with Crippen molar-refractivity contribution in [1.29, 1.82) is 0 Å². The number of aromatic hydroxyl groups is 1. The molecule has 21 heavy (non-hydrogen) atoms. The molecule has 6 heteroatoms. The molecule has 1 rings (SSSR count). The third-order valence-electron chi connectivity index (χ3n) is 2.91. The Labute approximate surface area is 124 Å². The zero-order valence-electron chi connectivity index (χ0n) is 12.9. The first-order chi connectivity index (χ1) is 9.57. The maximum atomic E-state index is 13.8. The number of hydrogen-bond donors (Lipinski definition) is 1. The number of halogens is 2. The third-order valence-corrected chi connectivity index (χ3v) is 4.35. The van der Waals surface area contributed by atoms with E-state index in [0.717, 1.165) is 0 Å². The monoisotopic (exact) mass is 316 g/mol. The molecule has 0 aliphatic rings. The van der Waals surface area contributed by atoms with Crippen molar-refractivity contribution in [2.45, 2.75) is 45.0 Å². The van der Waals surface area contributed by atoms with Crippen LogP contribution in [0.1, 0.15) is 18.1 Å². The summed E-state index contributed by atoms with van der Waals surface area (Å²) in [6.45, 7) is 7.76. The van der Waals surface area contributed by atoms with E-state index in [1.54, 1.807) is 12.1 Å². The van der Waals surface area contributed by atoms with Gasteiger partial charge in [0.05, 0.1) is 13.0 Å². The molecule has 3 nitrogen and oxygen atoms in total. The zero-order valence-corrected chi connectivity index (χ0v) is 13.9. The van der Waals surface area contributed by atoms with Gasteiger partial charge in [0.2, 0.25) is 0 Å². The van der Waals surface area contributed by atoms with Gasteiger partial charge in [-0.15, -0.1) is 0 Å². The van der Waals surface area contributed by atoms with E-state index >= 15 is 0 Å². The molecule has 0 saturated carbocycles. The fraction of sp³-hybridized carbons (Fsp3) is 0.533. The lowest BCUT2D eigenvalue weighted by molar-refractivity contribution is -0.171. The van der Waals surface area contributed by atoms with Crippen LogP contribution in [0.3, 0.4) is 0 Å². The Hall–Kier alpha value is -1.43. The first kappa shape index (κ1) is 17.6. The van der Waals surface area contributed by atoms with Crippen LogP contribution in [0.25, 0.3) is 0 Å². The Balaban J connectivity index is 2.99. The molecule has 1 aromatic rings. The SMILES string of the molecule is CCOC(=O)C(F)(F)Cc1cccc(C[Si](C)(C)C)c1O. The van der Waals surface area contributed by atoms with Gasteiger partial charge in [-0.1, -0.05) is 37.8 Å². The third kappa shape index (κ3) is 5.11. The topological polar surface area (TPSA) is 46.5 Å². The zero-order chi connectivity index (χ0) is 16.3. The van der Waals surface area contributed by atoms with E-state index < -0.39 is 26.4 Å². The molecule has 0 radical (unpaired) electrons. The van der Waals surface area contributed by atoms with Gasteiger partial charge < -0.3 is 9.84 Å². The second kappa shape index (κ2) is 6.55. The predicted octanol–water partition coefficient (Wildman–Crippen LogP) is 3.55. The standard InChI is InChI=1S/C15H22F2O3Si/c1-5-20-14(19)15(16,17)9-11-7-6-8-12(13(11)18)10-21(2,3)4/h6-8,18H,5,9-10H2,1-4H3. The van der Waals surface area contributed by atoms with Crippen LogP contribution in [0, 0.1) is 0 Å². The van der Waals surface area contributed by atoms with Crippen molar-refractivity contribution >= 4 is 14.0 Å². The number of carbonyl (C=O) groups excluding carboxylic acids is 1. The lowest BCUT2D eigenvalue weighted by Crippen LogP contribution is -2.33. The average Bonchev–Trinajstić information content (AvgIpc) is 2.32. The minimum Gasteiger partial charge on any atom is -0.507 e. The molecule has 0 unspecified atom stereocenters. The highest BCUT2D eigenvalue weighted by Crippen LogP contribution is 2.31. The second-order valence-corrected chi connectivity index (χ2v) is 11.7. The van der Waals surface area contributed by atoms with Crippen molar-refractivity contribution in [3.63, 3.8) is 0 Å². The number of para-hydroxylation sites is 1. The van der Waals surface area contributed by atoms with E-state index in [4.69, 9.17) is 0 Å². The predicted molar refractivity (Wildman–Crippen MR) is 80.4 cm³/mol. The summed E-state index contributed by atoms with van der Waals surface area (Å²) in [5.74, 6) is -5.32. The smallest absolute Gasteiger partial charge is 0.377 e. The molecule has 0 heterocycles. The lowest BCUT2D eigenvalue weighted by atomic mass is 10.0. The second-order valence-electron chi connectivity index (χ2n) is 6.26. The molecular formula is C15H22F2O3Si. The number of benzene rings is 1. The Morgan fingerprint density at radius 1 is 1.29 bits per heavy atom. The van der Waals surface area contributed by atoms with Crippen LogP contribution in [-0.4, -0.2) is 31.7 Å². The number of ether oxygens (including phenoxy) is 1. The summed E-state index contributed by atoms with van der Waals surface area (Å²) in [5.41, 5.74) is 0.732. The average molecular weight is 316 g/mol. The summed E-state index contributed by atoms with van der Waals surface area (Å²) < 4.78 is 31.9. The molecule has 1 aromatic carbocycles. The van der Waals surface area contributed by atoms with Crippen LogP contribution in [-0.2, 0) is 22.0 Å². The minimum absolute atomic E-state index is 0.0730. The van der Waals surface area contributed by atoms with Crippen LogP contribution in [0.5, 0.6) is 5.75 Å². The number of esters is 1. The fourth-order valence-corrected chi connectivity index (χ4v) is 3.48. The molecule has 0 aromatic heterocycles. The van der Waals surface area contributed by atoms with Gasteiger partial charge in [-0.3, -0.25) is 0 Å². The Morgan fingerprint density at radius 3 is 2.38 bits per heavy atom. The van der Waals surface area contributed by atoms with Crippen molar-refractivity contribution < 1.29 is 23.4 Å². The van der Waals surface area contributed by atoms with Crippen LogP contribution >= 0.6 is 0 Å². The van der Waals surface area contributed by atoms with Crippen molar-refractivity contribution in [1.82, 2.24) is 0 Å². The molecule has 0 bridgehead atoms. The highest BCUT2D eigenvalue weighted by atomic mass is 28.3. The van der Waals surface area contributed by atoms with Crippen molar-refractivity contribution in [3.8, 4) is 5.75 Å². The Kier molecular flexibility index (Phi) is 5.50. The quantitative estimate of drug-likeness (QED) is 0.645. The van der Waals surface area contributed by atoms with Crippen LogP contribution in [0.15, 0.2) is 18.2 Å². The number of phenolic OH excluding ortho intramolecular Hbond substituents is 1. The van der Waals surface area contributed by atoms with E-state index in [2.05, 4.69) is 24.4 Å². The summed E-state index contributed by atoms with van der Waals surface area (Å²) >= 11 is 0. The normalized spacial score (nSPS) is 12.3. The van der Waals surface area contributed by atoms with E-state index in [-0.39, 0.29) is 17.9 Å². The highest BCUT2D eigenvalue weighted by molar-refractivity contribution is 6.75. The Morgan fingerprint density at radius 2 is 1.86 bits per heavy atom. The van der Waals surface area contributed by atoms with Crippen LogP contribution in [0.4, 0.5) is 8.78 Å². The number of phenols is 1. The first-order valence-electron chi connectivity index (χ1n) is 6.91. The van der Waals surface area contributed by atoms with Crippen LogP contribution in [0.2, 0.25) is 19.6 Å². The fourth-order valence-electron chi connectivity index (χ4n) is 2.05. The summed E-state index contributed by atoms with van der Waals surface area (Å²) in [5, 5.41) is 10.2. The van der Waals surface area contributed by atoms with Crippen molar-refractivity contribution in [2.24, 2.45) is 0 Å². The summed E-state index contributed by atoms with van der Waals surface area (Å²) in [4.78, 5) is 11.2. The van der Waals surface area contributed by atoms with Gasteiger partial charge in [0.25, 0.3) is 0 Å². The molecule has 0 aliphatic heterocycles. The van der Waals surface area contributed by atoms with Gasteiger partial charge in [-0.2, -0.15) is 8.78 Å². The maximum absolute atomic E-state index is 13.8. The molecule has 0 fully saturated rings. The van der Waals surface area contributed by atoms with Gasteiger partial charge in [0.15, 0.2) is 0 Å². The molecule has 0 atom stereocenters. The van der Waals surface area contributed by atoms with E-state index in [0.29, 0.717) is 11.6 Å². The van der Waals surface area contributed by atoms with Gasteiger partial charge in [0.1, 0.15) is 5.75 Å². The molecule has 1 N–H and O–H groups in total. The van der Waals surface area contributed by atoms with Crippen molar-refractivity contribution in [3.05, 3.63) is 29.3 Å². The van der Waals surface area contributed by atoms with Gasteiger partial charge in [-0.25, -0.2) is 4.79 Å². The lowest BCUT2D eigenvalue weighted by Gasteiger charge is -2.19. The molecule has 0 saturated heterocycles. The van der Waals surface area contributed by atoms with E-state index in [1.165, 1.54) is 13.0 Å². The van der Waals surface area contributed by atoms with E-state index in [1.807, 2.05) is 0 Å². The molecule has 118 valence electrons. The highest BCUT2D eigenvalue weighted by Gasteiger charge is 2.41. The largest absolute Gasteiger partial charge is 0.507 e. The van der Waals surface area contributed by atoms with Gasteiger partial charge in [0, 0.05) is 13.6 Å².